The van der Waals surface area contributed by atoms with Crippen LogP contribution in [0, 0.1) is 0 Å². The summed E-state index contributed by atoms with van der Waals surface area (Å²) in [6, 6.07) is 1.15. The van der Waals surface area contributed by atoms with Gasteiger partial charge < -0.3 is 10.1 Å². The lowest BCUT2D eigenvalue weighted by Crippen LogP contribution is -2.16. The van der Waals surface area contributed by atoms with Crippen molar-refractivity contribution in [2.45, 2.75) is 25.9 Å². The van der Waals surface area contributed by atoms with Gasteiger partial charge in [-0.05, 0) is 17.5 Å². The number of halogens is 3. The molecule has 1 aromatic rings. The molecule has 0 saturated heterocycles. The predicted octanol–water partition coefficient (Wildman–Crippen LogP) is 3.28. The largest absolute Gasteiger partial charge is 0.419 e. The Balaban J connectivity index is 3.02. The maximum Gasteiger partial charge on any atom is 0.419 e. The fourth-order valence-corrected chi connectivity index (χ4v) is 1.43. The topological polar surface area (TPSA) is 34.1 Å². The van der Waals surface area contributed by atoms with E-state index in [0.717, 1.165) is 6.07 Å². The van der Waals surface area contributed by atoms with Crippen LogP contribution in [0.15, 0.2) is 12.3 Å². The first-order valence-electron chi connectivity index (χ1n) is 5.66. The summed E-state index contributed by atoms with van der Waals surface area (Å²) in [7, 11) is 1.49. The molecule has 0 aliphatic heterocycles. The Kier molecular flexibility index (Phi) is 4.95. The molecule has 0 aromatic carbocycles. The highest BCUT2D eigenvalue weighted by Gasteiger charge is 2.34. The average molecular weight is 262 g/mol. The normalized spacial score (nSPS) is 11.9. The molecule has 0 unspecified atom stereocenters. The minimum absolute atomic E-state index is 0.00613. The van der Waals surface area contributed by atoms with Crippen molar-refractivity contribution in [1.82, 2.24) is 4.98 Å². The molecule has 0 bridgehead atoms. The number of hydrogen-bond acceptors (Lipinski definition) is 3. The van der Waals surface area contributed by atoms with Crippen molar-refractivity contribution in [3.05, 3.63) is 23.4 Å². The van der Waals surface area contributed by atoms with Crippen LogP contribution in [0.25, 0.3) is 0 Å². The van der Waals surface area contributed by atoms with Gasteiger partial charge in [0.2, 0.25) is 0 Å². The quantitative estimate of drug-likeness (QED) is 0.827. The number of rotatable bonds is 5. The van der Waals surface area contributed by atoms with Crippen molar-refractivity contribution in [3.8, 4) is 0 Å². The highest BCUT2D eigenvalue weighted by atomic mass is 19.4. The Morgan fingerprint density at radius 3 is 2.56 bits per heavy atom. The van der Waals surface area contributed by atoms with E-state index in [4.69, 9.17) is 4.74 Å². The number of aromatic nitrogens is 1. The summed E-state index contributed by atoms with van der Waals surface area (Å²) in [4.78, 5) is 3.85. The molecule has 0 amide bonds. The van der Waals surface area contributed by atoms with Crippen LogP contribution in [0.4, 0.5) is 19.0 Å². The van der Waals surface area contributed by atoms with E-state index in [1.807, 2.05) is 13.8 Å². The molecule has 1 aromatic heterocycles. The molecular formula is C12H17F3N2O. The number of pyridine rings is 1. The lowest BCUT2D eigenvalue weighted by atomic mass is 10.0. The molecule has 3 nitrogen and oxygen atoms in total. The molecule has 1 N–H and O–H groups in total. The van der Waals surface area contributed by atoms with Crippen LogP contribution < -0.4 is 5.32 Å². The lowest BCUT2D eigenvalue weighted by Gasteiger charge is -2.16. The highest BCUT2D eigenvalue weighted by Crippen LogP contribution is 2.35. The van der Waals surface area contributed by atoms with Crippen molar-refractivity contribution in [2.24, 2.45) is 0 Å². The molecule has 6 heteroatoms. The van der Waals surface area contributed by atoms with Gasteiger partial charge in [-0.1, -0.05) is 13.8 Å². The van der Waals surface area contributed by atoms with E-state index in [1.54, 1.807) is 0 Å². The van der Waals surface area contributed by atoms with Crippen LogP contribution in [0.3, 0.4) is 0 Å². The van der Waals surface area contributed by atoms with E-state index >= 15 is 0 Å². The lowest BCUT2D eigenvalue weighted by molar-refractivity contribution is -0.137. The smallest absolute Gasteiger partial charge is 0.383 e. The zero-order chi connectivity index (χ0) is 13.8. The van der Waals surface area contributed by atoms with E-state index in [9.17, 15) is 13.2 Å². The van der Waals surface area contributed by atoms with Crippen LogP contribution in [-0.4, -0.2) is 25.2 Å². The third-order valence-electron chi connectivity index (χ3n) is 2.48. The molecule has 102 valence electrons. The summed E-state index contributed by atoms with van der Waals surface area (Å²) in [5, 5.41) is 2.63. The Bertz CT molecular complexity index is 391. The first kappa shape index (κ1) is 14.8. The number of anilines is 1. The average Bonchev–Trinajstić information content (AvgIpc) is 2.28. The minimum Gasteiger partial charge on any atom is -0.383 e. The Labute approximate surface area is 104 Å². The van der Waals surface area contributed by atoms with Gasteiger partial charge in [-0.2, -0.15) is 13.2 Å². The molecule has 1 rings (SSSR count). The minimum atomic E-state index is -4.41. The molecule has 0 saturated carbocycles. The van der Waals surface area contributed by atoms with Crippen molar-refractivity contribution in [1.29, 1.82) is 0 Å². The second-order valence-electron chi connectivity index (χ2n) is 4.24. The maximum absolute atomic E-state index is 12.9. The molecule has 0 radical (unpaired) electrons. The Morgan fingerprint density at radius 1 is 1.39 bits per heavy atom. The molecular weight excluding hydrogens is 245 g/mol. The van der Waals surface area contributed by atoms with Crippen LogP contribution >= 0.6 is 0 Å². The molecule has 0 aliphatic carbocycles. The number of nitrogens with one attached hydrogen (secondary N) is 1. The molecule has 0 spiro atoms. The highest BCUT2D eigenvalue weighted by molar-refractivity contribution is 5.47. The predicted molar refractivity (Wildman–Crippen MR) is 63.7 cm³/mol. The van der Waals surface area contributed by atoms with Gasteiger partial charge in [0.15, 0.2) is 0 Å². The van der Waals surface area contributed by atoms with Gasteiger partial charge in [-0.15, -0.1) is 0 Å². The summed E-state index contributed by atoms with van der Waals surface area (Å²) < 4.78 is 43.4. The van der Waals surface area contributed by atoms with Crippen molar-refractivity contribution in [2.75, 3.05) is 25.6 Å². The number of methoxy groups -OCH3 is 1. The van der Waals surface area contributed by atoms with E-state index in [0.29, 0.717) is 12.2 Å². The van der Waals surface area contributed by atoms with Crippen molar-refractivity contribution >= 4 is 5.82 Å². The van der Waals surface area contributed by atoms with Gasteiger partial charge in [0.25, 0.3) is 0 Å². The SMILES string of the molecule is COCCNc1ncc(C(C)C)cc1C(F)(F)F. The second-order valence-corrected chi connectivity index (χ2v) is 4.24. The van der Waals surface area contributed by atoms with E-state index < -0.39 is 11.7 Å². The van der Waals surface area contributed by atoms with Crippen LogP contribution in [-0.2, 0) is 10.9 Å². The monoisotopic (exact) mass is 262 g/mol. The summed E-state index contributed by atoms with van der Waals surface area (Å²) in [6.45, 7) is 4.27. The third-order valence-corrected chi connectivity index (χ3v) is 2.48. The molecule has 1 heterocycles. The fraction of sp³-hybridized carbons (Fsp3) is 0.583. The number of ether oxygens (including phenoxy) is 1. The van der Waals surface area contributed by atoms with Crippen LogP contribution in [0.2, 0.25) is 0 Å². The van der Waals surface area contributed by atoms with Gasteiger partial charge in [-0.3, -0.25) is 0 Å². The van der Waals surface area contributed by atoms with Crippen LogP contribution in [0.5, 0.6) is 0 Å². The summed E-state index contributed by atoms with van der Waals surface area (Å²) in [5.74, 6) is -0.143. The fourth-order valence-electron chi connectivity index (χ4n) is 1.43. The van der Waals surface area contributed by atoms with E-state index in [-0.39, 0.29) is 18.3 Å². The summed E-state index contributed by atoms with van der Waals surface area (Å²) in [5.41, 5.74) is -0.163. The molecule has 0 atom stereocenters. The third kappa shape index (κ3) is 3.87. The number of nitrogens with zero attached hydrogens (tertiary/aromatic N) is 1. The Morgan fingerprint density at radius 2 is 2.06 bits per heavy atom. The van der Waals surface area contributed by atoms with Gasteiger partial charge in [-0.25, -0.2) is 4.98 Å². The van der Waals surface area contributed by atoms with Gasteiger partial charge in [0.05, 0.1) is 12.2 Å². The first-order valence-corrected chi connectivity index (χ1v) is 5.66. The zero-order valence-electron chi connectivity index (χ0n) is 10.6. The number of hydrogen-bond donors (Lipinski definition) is 1. The Hall–Kier alpha value is -1.30. The number of alkyl halides is 3. The van der Waals surface area contributed by atoms with E-state index in [1.165, 1.54) is 13.3 Å². The van der Waals surface area contributed by atoms with Crippen molar-refractivity contribution < 1.29 is 17.9 Å². The second kappa shape index (κ2) is 6.04. The zero-order valence-corrected chi connectivity index (χ0v) is 10.6. The summed E-state index contributed by atoms with van der Waals surface area (Å²) in [6.07, 6.45) is -2.94. The van der Waals surface area contributed by atoms with Crippen LogP contribution in [0.1, 0.15) is 30.9 Å². The molecule has 0 aliphatic rings. The van der Waals surface area contributed by atoms with Crippen molar-refractivity contribution in [3.63, 3.8) is 0 Å². The molecule has 18 heavy (non-hydrogen) atoms. The molecule has 0 fully saturated rings. The van der Waals surface area contributed by atoms with E-state index in [2.05, 4.69) is 10.3 Å². The maximum atomic E-state index is 12.9. The van der Waals surface area contributed by atoms with Gasteiger partial charge in [0, 0.05) is 19.9 Å². The standard InChI is InChI=1S/C12H17F3N2O/c1-8(2)9-6-10(12(13,14)15)11(17-7-9)16-4-5-18-3/h6-8H,4-5H2,1-3H3,(H,16,17). The van der Waals surface area contributed by atoms with Gasteiger partial charge >= 0.3 is 6.18 Å². The summed E-state index contributed by atoms with van der Waals surface area (Å²) >= 11 is 0. The van der Waals surface area contributed by atoms with Gasteiger partial charge in [0.1, 0.15) is 5.82 Å². The first-order chi connectivity index (χ1) is 8.36.